The Labute approximate surface area is 157 Å². The molecule has 1 N–H and O–H groups in total. The SMILES string of the molecule is CC.CC/C(=C(\c1ccc(C)cc1)c1ccc(O)cc1)c1ccccc1. The predicted molar refractivity (Wildman–Crippen MR) is 113 cm³/mol. The Morgan fingerprint density at radius 3 is 1.69 bits per heavy atom. The number of phenols is 1. The normalized spacial score (nSPS) is 11.2. The van der Waals surface area contributed by atoms with Crippen LogP contribution in [-0.2, 0) is 0 Å². The van der Waals surface area contributed by atoms with E-state index in [1.54, 1.807) is 12.1 Å². The van der Waals surface area contributed by atoms with Gasteiger partial charge in [0.1, 0.15) is 5.75 Å². The first kappa shape index (κ1) is 19.5. The van der Waals surface area contributed by atoms with Gasteiger partial charge in [0.2, 0.25) is 0 Å². The fraction of sp³-hybridized carbons (Fsp3) is 0.200. The molecule has 0 bridgehead atoms. The van der Waals surface area contributed by atoms with Crippen LogP contribution in [0.3, 0.4) is 0 Å². The Hall–Kier alpha value is -2.80. The van der Waals surface area contributed by atoms with Gasteiger partial charge in [-0.15, -0.1) is 0 Å². The third-order valence-electron chi connectivity index (χ3n) is 4.27. The molecule has 0 radical (unpaired) electrons. The summed E-state index contributed by atoms with van der Waals surface area (Å²) in [4.78, 5) is 0. The Morgan fingerprint density at radius 2 is 1.19 bits per heavy atom. The Kier molecular flexibility index (Phi) is 7.23. The molecule has 3 aromatic rings. The number of benzene rings is 3. The minimum Gasteiger partial charge on any atom is -0.508 e. The Bertz CT molecular complexity index is 778. The van der Waals surface area contributed by atoms with Crippen LogP contribution in [-0.4, -0.2) is 5.11 Å². The largest absolute Gasteiger partial charge is 0.508 e. The van der Waals surface area contributed by atoms with Crippen LogP contribution in [0.4, 0.5) is 0 Å². The van der Waals surface area contributed by atoms with Crippen molar-refractivity contribution in [3.63, 3.8) is 0 Å². The van der Waals surface area contributed by atoms with Gasteiger partial charge in [0.25, 0.3) is 0 Å². The van der Waals surface area contributed by atoms with Gasteiger partial charge < -0.3 is 5.11 Å². The van der Waals surface area contributed by atoms with E-state index in [0.717, 1.165) is 12.0 Å². The van der Waals surface area contributed by atoms with Gasteiger partial charge in [0, 0.05) is 0 Å². The second-order valence-electron chi connectivity index (χ2n) is 5.99. The van der Waals surface area contributed by atoms with Gasteiger partial charge >= 0.3 is 0 Å². The molecule has 3 aromatic carbocycles. The standard InChI is InChI=1S/C23H22O.C2H6/c1-3-22(18-7-5-4-6-8-18)23(19-11-9-17(2)10-12-19)20-13-15-21(24)16-14-20;1-2/h4-16,24H,3H2,1-2H3;1-2H3/b23-22-;. The molecule has 0 amide bonds. The van der Waals surface area contributed by atoms with Crippen LogP contribution in [0.5, 0.6) is 5.75 Å². The molecule has 0 unspecified atom stereocenters. The lowest BCUT2D eigenvalue weighted by Crippen LogP contribution is -1.95. The highest BCUT2D eigenvalue weighted by Gasteiger charge is 2.12. The van der Waals surface area contributed by atoms with E-state index in [1.807, 2.05) is 32.0 Å². The fourth-order valence-corrected chi connectivity index (χ4v) is 3.03. The van der Waals surface area contributed by atoms with E-state index in [9.17, 15) is 5.11 Å². The van der Waals surface area contributed by atoms with Crippen LogP contribution in [0.1, 0.15) is 49.4 Å². The molecular weight excluding hydrogens is 316 g/mol. The summed E-state index contributed by atoms with van der Waals surface area (Å²) in [6.07, 6.45) is 0.939. The van der Waals surface area contributed by atoms with E-state index in [4.69, 9.17) is 0 Å². The molecule has 0 heterocycles. The molecule has 0 saturated heterocycles. The summed E-state index contributed by atoms with van der Waals surface area (Å²) in [6, 6.07) is 26.6. The Balaban J connectivity index is 0.00000117. The van der Waals surface area contributed by atoms with Crippen molar-refractivity contribution < 1.29 is 5.11 Å². The third-order valence-corrected chi connectivity index (χ3v) is 4.27. The van der Waals surface area contributed by atoms with Crippen molar-refractivity contribution >= 4 is 11.1 Å². The van der Waals surface area contributed by atoms with Crippen molar-refractivity contribution in [1.29, 1.82) is 0 Å². The minimum atomic E-state index is 0.291. The number of rotatable bonds is 4. The highest BCUT2D eigenvalue weighted by Crippen LogP contribution is 2.34. The molecule has 134 valence electrons. The van der Waals surface area contributed by atoms with Crippen molar-refractivity contribution in [2.24, 2.45) is 0 Å². The summed E-state index contributed by atoms with van der Waals surface area (Å²) in [5, 5.41) is 9.64. The summed E-state index contributed by atoms with van der Waals surface area (Å²) in [6.45, 7) is 8.29. The van der Waals surface area contributed by atoms with E-state index < -0.39 is 0 Å². The van der Waals surface area contributed by atoms with Crippen molar-refractivity contribution in [2.45, 2.75) is 34.1 Å². The van der Waals surface area contributed by atoms with E-state index in [0.29, 0.717) is 5.75 Å². The number of aryl methyl sites for hydroxylation is 1. The molecule has 0 atom stereocenters. The lowest BCUT2D eigenvalue weighted by Gasteiger charge is -2.16. The highest BCUT2D eigenvalue weighted by atomic mass is 16.3. The van der Waals surface area contributed by atoms with Crippen molar-refractivity contribution in [3.8, 4) is 5.75 Å². The topological polar surface area (TPSA) is 20.2 Å². The van der Waals surface area contributed by atoms with Crippen LogP contribution in [0.2, 0.25) is 0 Å². The maximum Gasteiger partial charge on any atom is 0.115 e. The minimum absolute atomic E-state index is 0.291. The van der Waals surface area contributed by atoms with Gasteiger partial charge in [-0.25, -0.2) is 0 Å². The molecule has 0 aliphatic heterocycles. The van der Waals surface area contributed by atoms with Crippen molar-refractivity contribution in [1.82, 2.24) is 0 Å². The number of hydrogen-bond donors (Lipinski definition) is 1. The van der Waals surface area contributed by atoms with E-state index >= 15 is 0 Å². The van der Waals surface area contributed by atoms with Crippen LogP contribution in [0.25, 0.3) is 11.1 Å². The van der Waals surface area contributed by atoms with Gasteiger partial charge in [-0.2, -0.15) is 0 Å². The Morgan fingerprint density at radius 1 is 0.692 bits per heavy atom. The maximum absolute atomic E-state index is 9.64. The van der Waals surface area contributed by atoms with Gasteiger partial charge in [0.05, 0.1) is 0 Å². The maximum atomic E-state index is 9.64. The summed E-state index contributed by atoms with van der Waals surface area (Å²) in [7, 11) is 0. The molecule has 0 fully saturated rings. The van der Waals surface area contributed by atoms with Gasteiger partial charge in [-0.1, -0.05) is 93.1 Å². The number of aromatic hydroxyl groups is 1. The summed E-state index contributed by atoms with van der Waals surface area (Å²) in [5.74, 6) is 0.291. The molecule has 0 aromatic heterocycles. The molecule has 0 spiro atoms. The predicted octanol–water partition coefficient (Wildman–Crippen LogP) is 7.10. The van der Waals surface area contributed by atoms with Crippen molar-refractivity contribution in [2.75, 3.05) is 0 Å². The van der Waals surface area contributed by atoms with Crippen LogP contribution in [0.15, 0.2) is 78.9 Å². The summed E-state index contributed by atoms with van der Waals surface area (Å²) >= 11 is 0. The average Bonchev–Trinajstić information content (AvgIpc) is 2.70. The molecule has 0 aliphatic carbocycles. The lowest BCUT2D eigenvalue weighted by atomic mass is 9.88. The number of allylic oxidation sites excluding steroid dienone is 1. The van der Waals surface area contributed by atoms with Gasteiger partial charge in [0.15, 0.2) is 0 Å². The van der Waals surface area contributed by atoms with E-state index in [-0.39, 0.29) is 0 Å². The third kappa shape index (κ3) is 4.64. The molecule has 3 rings (SSSR count). The fourth-order valence-electron chi connectivity index (χ4n) is 3.03. The first-order valence-corrected chi connectivity index (χ1v) is 9.34. The number of hydrogen-bond acceptors (Lipinski definition) is 1. The zero-order valence-corrected chi connectivity index (χ0v) is 16.2. The molecule has 26 heavy (non-hydrogen) atoms. The molecule has 1 heteroatoms. The van der Waals surface area contributed by atoms with Crippen LogP contribution < -0.4 is 0 Å². The second kappa shape index (κ2) is 9.62. The van der Waals surface area contributed by atoms with Gasteiger partial charge in [-0.3, -0.25) is 0 Å². The zero-order valence-electron chi connectivity index (χ0n) is 16.2. The summed E-state index contributed by atoms with van der Waals surface area (Å²) < 4.78 is 0. The summed E-state index contributed by atoms with van der Waals surface area (Å²) in [5.41, 5.74) is 7.35. The van der Waals surface area contributed by atoms with Crippen LogP contribution >= 0.6 is 0 Å². The molecule has 0 aliphatic rings. The van der Waals surface area contributed by atoms with Gasteiger partial charge in [-0.05, 0) is 53.3 Å². The van der Waals surface area contributed by atoms with Crippen LogP contribution in [0, 0.1) is 6.92 Å². The smallest absolute Gasteiger partial charge is 0.115 e. The molecular formula is C25H28O. The first-order chi connectivity index (χ1) is 12.7. The quantitative estimate of drug-likeness (QED) is 0.501. The molecule has 0 saturated carbocycles. The van der Waals surface area contributed by atoms with E-state index in [2.05, 4.69) is 62.4 Å². The lowest BCUT2D eigenvalue weighted by molar-refractivity contribution is 0.475. The monoisotopic (exact) mass is 344 g/mol. The number of phenolic OH excluding ortho intramolecular Hbond substituents is 1. The van der Waals surface area contributed by atoms with E-state index in [1.165, 1.54) is 27.8 Å². The highest BCUT2D eigenvalue weighted by molar-refractivity contribution is 5.98. The zero-order chi connectivity index (χ0) is 18.9. The first-order valence-electron chi connectivity index (χ1n) is 9.34. The molecule has 1 nitrogen and oxygen atoms in total. The second-order valence-corrected chi connectivity index (χ2v) is 5.99. The average molecular weight is 344 g/mol. The van der Waals surface area contributed by atoms with Crippen molar-refractivity contribution in [3.05, 3.63) is 101 Å².